The van der Waals surface area contributed by atoms with E-state index in [4.69, 9.17) is 0 Å². The fourth-order valence-corrected chi connectivity index (χ4v) is 2.37. The highest BCUT2D eigenvalue weighted by molar-refractivity contribution is 5.52. The molecule has 124 valence electrons. The Kier molecular flexibility index (Phi) is 3.65. The van der Waals surface area contributed by atoms with Crippen LogP contribution in [-0.2, 0) is 0 Å². The largest absolute Gasteiger partial charge is 0.378 e. The third-order valence-corrected chi connectivity index (χ3v) is 3.68. The standard InChI is InChI=1S/C16H15N9/c1-23(2)12-8-10-13(11-9-12)24-16(18-20-22-24)15-17-21-25(19-15)14-6-4-3-5-7-14/h3-11H,1-2H3. The number of aromatic nitrogens is 8. The van der Waals surface area contributed by atoms with Crippen LogP contribution in [0.3, 0.4) is 0 Å². The van der Waals surface area contributed by atoms with Gasteiger partial charge in [0.05, 0.1) is 11.4 Å². The first kappa shape index (κ1) is 14.9. The number of hydrogen-bond donors (Lipinski definition) is 0. The van der Waals surface area contributed by atoms with Crippen LogP contribution in [0.25, 0.3) is 23.0 Å². The zero-order valence-corrected chi connectivity index (χ0v) is 13.7. The van der Waals surface area contributed by atoms with Gasteiger partial charge in [0.15, 0.2) is 0 Å². The van der Waals surface area contributed by atoms with Gasteiger partial charge in [-0.05, 0) is 52.0 Å². The topological polar surface area (TPSA) is 90.4 Å². The van der Waals surface area contributed by atoms with Crippen molar-refractivity contribution in [3.8, 4) is 23.0 Å². The predicted molar refractivity (Wildman–Crippen MR) is 91.6 cm³/mol. The van der Waals surface area contributed by atoms with Crippen LogP contribution in [0.2, 0.25) is 0 Å². The van der Waals surface area contributed by atoms with Gasteiger partial charge in [0.2, 0.25) is 11.6 Å². The van der Waals surface area contributed by atoms with Gasteiger partial charge in [-0.3, -0.25) is 0 Å². The molecule has 0 unspecified atom stereocenters. The molecule has 2 aromatic carbocycles. The summed E-state index contributed by atoms with van der Waals surface area (Å²) in [6, 6.07) is 17.4. The molecule has 0 fully saturated rings. The predicted octanol–water partition coefficient (Wildman–Crippen LogP) is 1.37. The lowest BCUT2D eigenvalue weighted by molar-refractivity contribution is 0.720. The van der Waals surface area contributed by atoms with E-state index in [0.29, 0.717) is 11.6 Å². The molecule has 4 aromatic rings. The van der Waals surface area contributed by atoms with E-state index in [0.717, 1.165) is 17.1 Å². The van der Waals surface area contributed by atoms with Crippen LogP contribution in [0, 0.1) is 0 Å². The molecule has 4 rings (SSSR count). The first-order valence-corrected chi connectivity index (χ1v) is 7.64. The second-order valence-corrected chi connectivity index (χ2v) is 5.56. The zero-order chi connectivity index (χ0) is 17.2. The maximum atomic E-state index is 4.38. The molecule has 0 saturated heterocycles. The van der Waals surface area contributed by atoms with E-state index >= 15 is 0 Å². The smallest absolute Gasteiger partial charge is 0.244 e. The number of anilines is 1. The van der Waals surface area contributed by atoms with Gasteiger partial charge >= 0.3 is 0 Å². The average Bonchev–Trinajstić information content (AvgIpc) is 3.32. The van der Waals surface area contributed by atoms with Crippen molar-refractivity contribution in [3.05, 3.63) is 54.6 Å². The summed E-state index contributed by atoms with van der Waals surface area (Å²) in [5.41, 5.74) is 2.73. The number of benzene rings is 2. The van der Waals surface area contributed by atoms with Crippen LogP contribution in [0.4, 0.5) is 5.69 Å². The van der Waals surface area contributed by atoms with Gasteiger partial charge in [0.1, 0.15) is 0 Å². The fourth-order valence-electron chi connectivity index (χ4n) is 2.37. The Hall–Kier alpha value is -3.62. The number of nitrogens with zero attached hydrogens (tertiary/aromatic N) is 9. The summed E-state index contributed by atoms with van der Waals surface area (Å²) < 4.78 is 1.59. The van der Waals surface area contributed by atoms with Crippen molar-refractivity contribution in [2.24, 2.45) is 0 Å². The second-order valence-electron chi connectivity index (χ2n) is 5.56. The molecular weight excluding hydrogens is 318 g/mol. The minimum absolute atomic E-state index is 0.352. The van der Waals surface area contributed by atoms with Crippen molar-refractivity contribution in [2.75, 3.05) is 19.0 Å². The van der Waals surface area contributed by atoms with E-state index in [2.05, 4.69) is 30.9 Å². The van der Waals surface area contributed by atoms with Crippen molar-refractivity contribution in [3.63, 3.8) is 0 Å². The third kappa shape index (κ3) is 2.82. The molecule has 0 bridgehead atoms. The monoisotopic (exact) mass is 333 g/mol. The minimum Gasteiger partial charge on any atom is -0.378 e. The van der Waals surface area contributed by atoms with E-state index in [1.807, 2.05) is 73.6 Å². The van der Waals surface area contributed by atoms with Crippen LogP contribution in [0.5, 0.6) is 0 Å². The molecule has 2 aromatic heterocycles. The summed E-state index contributed by atoms with van der Waals surface area (Å²) in [6.07, 6.45) is 0. The average molecular weight is 333 g/mol. The van der Waals surface area contributed by atoms with E-state index in [-0.39, 0.29) is 0 Å². The summed E-state index contributed by atoms with van der Waals surface area (Å²) in [5, 5.41) is 24.4. The highest BCUT2D eigenvalue weighted by Crippen LogP contribution is 2.19. The van der Waals surface area contributed by atoms with Crippen LogP contribution >= 0.6 is 0 Å². The zero-order valence-electron chi connectivity index (χ0n) is 13.7. The first-order chi connectivity index (χ1) is 12.2. The second kappa shape index (κ2) is 6.11. The van der Waals surface area contributed by atoms with Gasteiger partial charge in [0.25, 0.3) is 0 Å². The highest BCUT2D eigenvalue weighted by atomic mass is 15.6. The maximum Gasteiger partial charge on any atom is 0.244 e. The van der Waals surface area contributed by atoms with E-state index in [1.54, 1.807) is 4.68 Å². The van der Waals surface area contributed by atoms with Gasteiger partial charge in [-0.1, -0.05) is 18.2 Å². The Morgan fingerprint density at radius 1 is 0.800 bits per heavy atom. The third-order valence-electron chi connectivity index (χ3n) is 3.68. The summed E-state index contributed by atoms with van der Waals surface area (Å²) in [7, 11) is 3.98. The van der Waals surface area contributed by atoms with Gasteiger partial charge < -0.3 is 4.90 Å². The molecule has 0 atom stereocenters. The first-order valence-electron chi connectivity index (χ1n) is 7.64. The molecule has 0 amide bonds. The molecular formula is C16H15N9. The Morgan fingerprint density at radius 3 is 2.28 bits per heavy atom. The van der Waals surface area contributed by atoms with Crippen LogP contribution in [0.15, 0.2) is 54.6 Å². The quantitative estimate of drug-likeness (QED) is 0.557. The van der Waals surface area contributed by atoms with Gasteiger partial charge in [-0.25, -0.2) is 0 Å². The Bertz CT molecular complexity index is 970. The normalized spacial score (nSPS) is 10.8. The molecule has 9 heteroatoms. The van der Waals surface area contributed by atoms with Crippen molar-refractivity contribution in [1.29, 1.82) is 0 Å². The molecule has 2 heterocycles. The highest BCUT2D eigenvalue weighted by Gasteiger charge is 2.16. The molecule has 25 heavy (non-hydrogen) atoms. The van der Waals surface area contributed by atoms with Crippen LogP contribution in [-0.4, -0.2) is 54.5 Å². The number of rotatable bonds is 4. The molecule has 0 radical (unpaired) electrons. The van der Waals surface area contributed by atoms with Crippen molar-refractivity contribution < 1.29 is 0 Å². The van der Waals surface area contributed by atoms with Crippen molar-refractivity contribution >= 4 is 5.69 Å². The summed E-state index contributed by atoms with van der Waals surface area (Å²) in [5.74, 6) is 0.783. The van der Waals surface area contributed by atoms with Crippen LogP contribution < -0.4 is 4.90 Å². The lowest BCUT2D eigenvalue weighted by Crippen LogP contribution is -2.08. The maximum absolute atomic E-state index is 4.38. The molecule has 0 saturated carbocycles. The van der Waals surface area contributed by atoms with Gasteiger partial charge in [0, 0.05) is 19.8 Å². The van der Waals surface area contributed by atoms with E-state index in [9.17, 15) is 0 Å². The molecule has 9 nitrogen and oxygen atoms in total. The van der Waals surface area contributed by atoms with Crippen LogP contribution in [0.1, 0.15) is 0 Å². The number of hydrogen-bond acceptors (Lipinski definition) is 7. The number of para-hydroxylation sites is 1. The lowest BCUT2D eigenvalue weighted by atomic mass is 10.2. The number of tetrazole rings is 2. The van der Waals surface area contributed by atoms with E-state index < -0.39 is 0 Å². The summed E-state index contributed by atoms with van der Waals surface area (Å²) in [6.45, 7) is 0. The fraction of sp³-hybridized carbons (Fsp3) is 0.125. The molecule has 0 aliphatic carbocycles. The molecule has 0 aliphatic heterocycles. The summed E-state index contributed by atoms with van der Waals surface area (Å²) in [4.78, 5) is 3.47. The molecule has 0 N–H and O–H groups in total. The van der Waals surface area contributed by atoms with Crippen molar-refractivity contribution in [1.82, 2.24) is 40.4 Å². The molecule has 0 aliphatic rings. The van der Waals surface area contributed by atoms with E-state index in [1.165, 1.54) is 4.80 Å². The van der Waals surface area contributed by atoms with Gasteiger partial charge in [-0.2, -0.15) is 4.68 Å². The Labute approximate surface area is 143 Å². The Morgan fingerprint density at radius 2 is 1.56 bits per heavy atom. The lowest BCUT2D eigenvalue weighted by Gasteiger charge is -2.12. The SMILES string of the molecule is CN(C)c1ccc(-n2nnnc2-c2nnn(-c3ccccc3)n2)cc1. The minimum atomic E-state index is 0.352. The van der Waals surface area contributed by atoms with Gasteiger partial charge in [-0.15, -0.1) is 20.1 Å². The van der Waals surface area contributed by atoms with Crippen molar-refractivity contribution in [2.45, 2.75) is 0 Å². The Balaban J connectivity index is 1.69. The summed E-state index contributed by atoms with van der Waals surface area (Å²) >= 11 is 0. The molecule has 0 spiro atoms.